The first kappa shape index (κ1) is 21.3. The highest BCUT2D eigenvalue weighted by atomic mass is 16.6. The second-order valence-corrected chi connectivity index (χ2v) is 6.92. The van der Waals surface area contributed by atoms with Crippen molar-refractivity contribution in [2.75, 3.05) is 26.4 Å². The number of carbonyl (C=O) groups is 1. The molecular formula is C16H32O6. The average Bonchev–Trinajstić information content (AvgIpc) is 2.31. The van der Waals surface area contributed by atoms with Crippen molar-refractivity contribution in [1.82, 2.24) is 0 Å². The molecule has 0 saturated carbocycles. The van der Waals surface area contributed by atoms with E-state index >= 15 is 0 Å². The molecule has 22 heavy (non-hydrogen) atoms. The van der Waals surface area contributed by atoms with Crippen LogP contribution in [0.5, 0.6) is 0 Å². The van der Waals surface area contributed by atoms with Gasteiger partial charge in [-0.15, -0.1) is 0 Å². The van der Waals surface area contributed by atoms with E-state index in [0.29, 0.717) is 13.2 Å². The van der Waals surface area contributed by atoms with E-state index in [4.69, 9.17) is 24.1 Å². The third-order valence-corrected chi connectivity index (χ3v) is 2.55. The maximum Gasteiger partial charge on any atom is 0.337 e. The molecule has 0 aliphatic rings. The summed E-state index contributed by atoms with van der Waals surface area (Å²) in [5.41, 5.74) is -1.32. The monoisotopic (exact) mass is 320 g/mol. The lowest BCUT2D eigenvalue weighted by Crippen LogP contribution is -2.41. The zero-order valence-electron chi connectivity index (χ0n) is 15.0. The van der Waals surface area contributed by atoms with Gasteiger partial charge in [-0.2, -0.15) is 0 Å². The molecule has 0 bridgehead atoms. The molecule has 0 aromatic carbocycles. The predicted octanol–water partition coefficient (Wildman–Crippen LogP) is 1.93. The van der Waals surface area contributed by atoms with Gasteiger partial charge in [0.05, 0.1) is 37.6 Å². The normalized spacial score (nSPS) is 15.5. The van der Waals surface area contributed by atoms with Gasteiger partial charge in [0.25, 0.3) is 0 Å². The van der Waals surface area contributed by atoms with Crippen LogP contribution in [0.4, 0.5) is 0 Å². The molecule has 0 aromatic heterocycles. The second-order valence-electron chi connectivity index (χ2n) is 6.92. The van der Waals surface area contributed by atoms with E-state index in [1.165, 1.54) is 0 Å². The Morgan fingerprint density at radius 1 is 1.05 bits per heavy atom. The van der Waals surface area contributed by atoms with Crippen LogP contribution in [-0.4, -0.2) is 60.9 Å². The maximum atomic E-state index is 12.0. The van der Waals surface area contributed by atoms with E-state index in [-0.39, 0.29) is 24.9 Å². The molecule has 0 saturated heterocycles. The number of aliphatic hydroxyl groups is 1. The molecular weight excluding hydrogens is 288 g/mol. The second kappa shape index (κ2) is 9.45. The summed E-state index contributed by atoms with van der Waals surface area (Å²) in [5, 5.41) is 9.11. The largest absolute Gasteiger partial charge is 0.461 e. The van der Waals surface area contributed by atoms with Crippen molar-refractivity contribution in [3.8, 4) is 0 Å². The molecule has 0 aliphatic carbocycles. The fraction of sp³-hybridized carbons (Fsp3) is 0.938. The number of ether oxygens (including phenoxy) is 4. The van der Waals surface area contributed by atoms with Gasteiger partial charge in [-0.3, -0.25) is 0 Å². The molecule has 6 nitrogen and oxygen atoms in total. The van der Waals surface area contributed by atoms with Crippen LogP contribution in [0.2, 0.25) is 0 Å². The fourth-order valence-corrected chi connectivity index (χ4v) is 1.65. The standard InChI is InChI=1S/C16H32O6/c1-12(17)10-19-11-13(2)22-16(6,7)14(18)20-8-9-21-15(3,4)5/h12-13,17H,8-11H2,1-7H3. The van der Waals surface area contributed by atoms with Gasteiger partial charge in [0.1, 0.15) is 6.61 Å². The van der Waals surface area contributed by atoms with Gasteiger partial charge in [0, 0.05) is 0 Å². The van der Waals surface area contributed by atoms with E-state index in [1.807, 2.05) is 20.8 Å². The molecule has 0 radical (unpaired) electrons. The number of rotatable bonds is 10. The van der Waals surface area contributed by atoms with Crippen LogP contribution >= 0.6 is 0 Å². The van der Waals surface area contributed by atoms with E-state index in [9.17, 15) is 4.79 Å². The zero-order chi connectivity index (χ0) is 17.4. The Balaban J connectivity index is 4.05. The molecule has 2 unspecified atom stereocenters. The van der Waals surface area contributed by atoms with E-state index < -0.39 is 17.7 Å². The third-order valence-electron chi connectivity index (χ3n) is 2.55. The van der Waals surface area contributed by atoms with Gasteiger partial charge in [-0.05, 0) is 48.5 Å². The van der Waals surface area contributed by atoms with Gasteiger partial charge < -0.3 is 24.1 Å². The summed E-state index contributed by atoms with van der Waals surface area (Å²) in [6.07, 6.45) is -0.805. The number of esters is 1. The zero-order valence-corrected chi connectivity index (χ0v) is 15.0. The summed E-state index contributed by atoms with van der Waals surface area (Å²) in [5.74, 6) is -0.438. The van der Waals surface area contributed by atoms with Crippen molar-refractivity contribution < 1.29 is 28.8 Å². The maximum absolute atomic E-state index is 12.0. The van der Waals surface area contributed by atoms with Crippen LogP contribution in [0, 0.1) is 0 Å². The quantitative estimate of drug-likeness (QED) is 0.490. The van der Waals surface area contributed by atoms with Crippen molar-refractivity contribution in [3.63, 3.8) is 0 Å². The molecule has 0 spiro atoms. The van der Waals surface area contributed by atoms with Crippen molar-refractivity contribution in [1.29, 1.82) is 0 Å². The summed E-state index contributed by atoms with van der Waals surface area (Å²) in [4.78, 5) is 12.0. The molecule has 6 heteroatoms. The fourth-order valence-electron chi connectivity index (χ4n) is 1.65. The Hall–Kier alpha value is -0.690. The molecule has 0 rings (SSSR count). The summed E-state index contributed by atoms with van der Waals surface area (Å²) in [7, 11) is 0. The SMILES string of the molecule is CC(O)COCC(C)OC(C)(C)C(=O)OCCOC(C)(C)C. The Bertz CT molecular complexity index is 319. The molecule has 0 amide bonds. The van der Waals surface area contributed by atoms with Crippen LogP contribution < -0.4 is 0 Å². The van der Waals surface area contributed by atoms with Crippen LogP contribution in [0.15, 0.2) is 0 Å². The Morgan fingerprint density at radius 3 is 2.14 bits per heavy atom. The van der Waals surface area contributed by atoms with Crippen LogP contribution in [0.3, 0.4) is 0 Å². The summed E-state index contributed by atoms with van der Waals surface area (Å²) in [6, 6.07) is 0. The van der Waals surface area contributed by atoms with E-state index in [0.717, 1.165) is 0 Å². The lowest BCUT2D eigenvalue weighted by atomic mass is 10.1. The number of hydrogen-bond donors (Lipinski definition) is 1. The third kappa shape index (κ3) is 11.0. The van der Waals surface area contributed by atoms with Crippen LogP contribution in [0.1, 0.15) is 48.5 Å². The Kier molecular flexibility index (Phi) is 9.15. The minimum absolute atomic E-state index is 0.190. The number of carbonyl (C=O) groups excluding carboxylic acids is 1. The minimum atomic E-state index is -1.06. The van der Waals surface area contributed by atoms with E-state index in [2.05, 4.69) is 0 Å². The molecule has 0 fully saturated rings. The average molecular weight is 320 g/mol. The first-order valence-corrected chi connectivity index (χ1v) is 7.69. The first-order chi connectivity index (χ1) is 9.94. The molecule has 1 N–H and O–H groups in total. The minimum Gasteiger partial charge on any atom is -0.461 e. The highest BCUT2D eigenvalue weighted by Crippen LogP contribution is 2.15. The van der Waals surface area contributed by atoms with Crippen molar-refractivity contribution in [3.05, 3.63) is 0 Å². The van der Waals surface area contributed by atoms with Gasteiger partial charge in [-0.25, -0.2) is 4.79 Å². The molecule has 0 aromatic rings. The summed E-state index contributed by atoms with van der Waals surface area (Å²) >= 11 is 0. The highest BCUT2D eigenvalue weighted by molar-refractivity contribution is 5.78. The molecule has 0 heterocycles. The number of aliphatic hydroxyl groups excluding tert-OH is 1. The smallest absolute Gasteiger partial charge is 0.337 e. The predicted molar refractivity (Wildman–Crippen MR) is 83.8 cm³/mol. The van der Waals surface area contributed by atoms with Crippen molar-refractivity contribution in [2.45, 2.75) is 71.9 Å². The summed E-state index contributed by atoms with van der Waals surface area (Å²) in [6.45, 7) is 13.7. The first-order valence-electron chi connectivity index (χ1n) is 7.69. The van der Waals surface area contributed by atoms with Crippen molar-refractivity contribution >= 4 is 5.97 Å². The summed E-state index contributed by atoms with van der Waals surface area (Å²) < 4.78 is 21.6. The Morgan fingerprint density at radius 2 is 1.64 bits per heavy atom. The topological polar surface area (TPSA) is 74.2 Å². The molecule has 2 atom stereocenters. The van der Waals surface area contributed by atoms with Gasteiger partial charge in [-0.1, -0.05) is 0 Å². The van der Waals surface area contributed by atoms with Crippen molar-refractivity contribution in [2.24, 2.45) is 0 Å². The molecule has 132 valence electrons. The lowest BCUT2D eigenvalue weighted by Gasteiger charge is -2.27. The van der Waals surface area contributed by atoms with Gasteiger partial charge in [0.15, 0.2) is 5.60 Å². The van der Waals surface area contributed by atoms with Gasteiger partial charge in [0.2, 0.25) is 0 Å². The van der Waals surface area contributed by atoms with Crippen LogP contribution in [0.25, 0.3) is 0 Å². The van der Waals surface area contributed by atoms with Gasteiger partial charge >= 0.3 is 5.97 Å². The lowest BCUT2D eigenvalue weighted by molar-refractivity contribution is -0.179. The molecule has 0 aliphatic heterocycles. The highest BCUT2D eigenvalue weighted by Gasteiger charge is 2.32. The van der Waals surface area contributed by atoms with Crippen LogP contribution in [-0.2, 0) is 23.7 Å². The Labute approximate surface area is 134 Å². The van der Waals surface area contributed by atoms with E-state index in [1.54, 1.807) is 27.7 Å². The number of hydrogen-bond acceptors (Lipinski definition) is 6.